The van der Waals surface area contributed by atoms with E-state index in [1.807, 2.05) is 0 Å². The molecule has 12 heteroatoms. The van der Waals surface area contributed by atoms with Crippen molar-refractivity contribution < 1.29 is 13.7 Å². The van der Waals surface area contributed by atoms with Gasteiger partial charge in [-0.1, -0.05) is 22.8 Å². The molecule has 0 aliphatic heterocycles. The van der Waals surface area contributed by atoms with Crippen LogP contribution < -0.4 is 10.6 Å². The minimum absolute atomic E-state index is 0.00534. The van der Waals surface area contributed by atoms with Crippen LogP contribution in [-0.2, 0) is 6.67 Å². The highest BCUT2D eigenvalue weighted by molar-refractivity contribution is 6.35. The smallest absolute Gasteiger partial charge is 0.272 e. The standard InChI is InChI=1S/C23H18ClFN8O2/c1-12(18-9-17(33-35-18)21-31-15-3-2-13(10-25)8-16(15)32-21)29-23(34)20-19(24)22(28-11-27-20)30-14-4-6-26-7-5-14/h2-9,11-12H,10H2,1H3,(H,29,34)(H,31,32)(H,26,27,28,30)/t12-/m0/s1. The van der Waals surface area contributed by atoms with Crippen LogP contribution in [0.25, 0.3) is 22.6 Å². The van der Waals surface area contributed by atoms with Crippen molar-refractivity contribution in [2.45, 2.75) is 19.6 Å². The fourth-order valence-corrected chi connectivity index (χ4v) is 3.62. The van der Waals surface area contributed by atoms with Crippen LogP contribution in [0.2, 0.25) is 5.02 Å². The molecule has 0 aliphatic carbocycles. The Morgan fingerprint density at radius 3 is 2.83 bits per heavy atom. The summed E-state index contributed by atoms with van der Waals surface area (Å²) in [6.07, 6.45) is 4.48. The number of rotatable bonds is 7. The number of carbonyl (C=O) groups excluding carboxylic acids is 1. The zero-order chi connectivity index (χ0) is 24.4. The number of anilines is 2. The lowest BCUT2D eigenvalue weighted by molar-refractivity contribution is 0.0928. The minimum atomic E-state index is -0.562. The van der Waals surface area contributed by atoms with Gasteiger partial charge in [0.25, 0.3) is 5.91 Å². The molecule has 176 valence electrons. The summed E-state index contributed by atoms with van der Waals surface area (Å²) in [6.45, 7) is 1.17. The summed E-state index contributed by atoms with van der Waals surface area (Å²) in [6, 6.07) is 9.70. The maximum absolute atomic E-state index is 12.9. The van der Waals surface area contributed by atoms with Gasteiger partial charge in [-0.3, -0.25) is 9.78 Å². The van der Waals surface area contributed by atoms with E-state index >= 15 is 0 Å². The Morgan fingerprint density at radius 1 is 1.20 bits per heavy atom. The highest BCUT2D eigenvalue weighted by Crippen LogP contribution is 2.27. The van der Waals surface area contributed by atoms with Gasteiger partial charge in [0, 0.05) is 24.1 Å². The second-order valence-corrected chi connectivity index (χ2v) is 8.00. The monoisotopic (exact) mass is 492 g/mol. The third-order valence-electron chi connectivity index (χ3n) is 5.19. The maximum Gasteiger partial charge on any atom is 0.272 e. The van der Waals surface area contributed by atoms with E-state index in [2.05, 4.69) is 40.7 Å². The number of hydrogen-bond donors (Lipinski definition) is 3. The molecule has 5 rings (SSSR count). The molecule has 0 spiro atoms. The molecule has 0 unspecified atom stereocenters. The second-order valence-electron chi connectivity index (χ2n) is 7.63. The van der Waals surface area contributed by atoms with Crippen molar-refractivity contribution in [1.82, 2.24) is 35.4 Å². The molecule has 35 heavy (non-hydrogen) atoms. The summed E-state index contributed by atoms with van der Waals surface area (Å²) in [5, 5.41) is 9.94. The average molecular weight is 493 g/mol. The van der Waals surface area contributed by atoms with Gasteiger partial charge < -0.3 is 20.1 Å². The number of nitrogens with one attached hydrogen (secondary N) is 3. The van der Waals surface area contributed by atoms with E-state index in [1.54, 1.807) is 55.7 Å². The molecular weight excluding hydrogens is 475 g/mol. The van der Waals surface area contributed by atoms with Gasteiger partial charge >= 0.3 is 0 Å². The van der Waals surface area contributed by atoms with Crippen molar-refractivity contribution in [3.8, 4) is 11.5 Å². The number of alkyl halides is 1. The number of hydrogen-bond acceptors (Lipinski definition) is 8. The van der Waals surface area contributed by atoms with Crippen molar-refractivity contribution in [2.24, 2.45) is 0 Å². The van der Waals surface area contributed by atoms with Crippen molar-refractivity contribution in [3.05, 3.63) is 77.2 Å². The number of imidazole rings is 1. The zero-order valence-electron chi connectivity index (χ0n) is 18.3. The lowest BCUT2D eigenvalue weighted by Gasteiger charge is -2.12. The Hall–Kier alpha value is -4.38. The van der Waals surface area contributed by atoms with Gasteiger partial charge in [-0.05, 0) is 36.8 Å². The van der Waals surface area contributed by atoms with E-state index in [-0.39, 0.29) is 16.5 Å². The van der Waals surface area contributed by atoms with Crippen LogP contribution in [0.15, 0.2) is 59.6 Å². The number of aromatic nitrogens is 6. The summed E-state index contributed by atoms with van der Waals surface area (Å²) in [5.41, 5.74) is 3.08. The Morgan fingerprint density at radius 2 is 2.03 bits per heavy atom. The first kappa shape index (κ1) is 22.4. The van der Waals surface area contributed by atoms with Crippen molar-refractivity contribution in [1.29, 1.82) is 0 Å². The van der Waals surface area contributed by atoms with Gasteiger partial charge in [-0.25, -0.2) is 19.3 Å². The zero-order valence-corrected chi connectivity index (χ0v) is 19.0. The summed E-state index contributed by atoms with van der Waals surface area (Å²) in [5.74, 6) is 0.644. The van der Waals surface area contributed by atoms with E-state index in [1.165, 1.54) is 6.33 Å². The Bertz CT molecular complexity index is 1500. The van der Waals surface area contributed by atoms with Crippen LogP contribution in [0.4, 0.5) is 15.9 Å². The Balaban J connectivity index is 1.31. The number of benzene rings is 1. The van der Waals surface area contributed by atoms with Crippen LogP contribution in [0.3, 0.4) is 0 Å². The molecule has 3 N–H and O–H groups in total. The van der Waals surface area contributed by atoms with Gasteiger partial charge in [0.15, 0.2) is 23.1 Å². The van der Waals surface area contributed by atoms with Gasteiger partial charge in [-0.2, -0.15) is 0 Å². The number of aromatic amines is 1. The van der Waals surface area contributed by atoms with Gasteiger partial charge in [-0.15, -0.1) is 0 Å². The highest BCUT2D eigenvalue weighted by Gasteiger charge is 2.22. The number of pyridine rings is 1. The van der Waals surface area contributed by atoms with Crippen LogP contribution in [-0.4, -0.2) is 36.0 Å². The molecule has 0 radical (unpaired) electrons. The third kappa shape index (κ3) is 4.66. The summed E-state index contributed by atoms with van der Waals surface area (Å²) < 4.78 is 18.4. The first-order chi connectivity index (χ1) is 17.0. The number of halogens is 2. The summed E-state index contributed by atoms with van der Waals surface area (Å²) in [4.78, 5) is 32.5. The average Bonchev–Trinajstić information content (AvgIpc) is 3.53. The van der Waals surface area contributed by atoms with Crippen LogP contribution in [0, 0.1) is 0 Å². The normalized spacial score (nSPS) is 12.0. The Labute approximate surface area is 203 Å². The van der Waals surface area contributed by atoms with Crippen molar-refractivity contribution in [3.63, 3.8) is 0 Å². The third-order valence-corrected chi connectivity index (χ3v) is 5.55. The molecule has 1 amide bonds. The van der Waals surface area contributed by atoms with Gasteiger partial charge in [0.2, 0.25) is 0 Å². The van der Waals surface area contributed by atoms with Crippen molar-refractivity contribution >= 4 is 40.0 Å². The molecule has 4 heterocycles. The molecule has 1 atom stereocenters. The number of H-pyrrole nitrogens is 1. The Kier molecular flexibility index (Phi) is 6.06. The molecule has 1 aromatic carbocycles. The fourth-order valence-electron chi connectivity index (χ4n) is 3.39. The predicted molar refractivity (Wildman–Crippen MR) is 127 cm³/mol. The van der Waals surface area contributed by atoms with E-state index < -0.39 is 18.6 Å². The van der Waals surface area contributed by atoms with Crippen LogP contribution in [0.5, 0.6) is 0 Å². The van der Waals surface area contributed by atoms with E-state index in [9.17, 15) is 9.18 Å². The number of fused-ring (bicyclic) bond motifs is 1. The lowest BCUT2D eigenvalue weighted by atomic mass is 10.2. The van der Waals surface area contributed by atoms with Crippen LogP contribution in [0.1, 0.15) is 34.8 Å². The molecule has 4 aromatic heterocycles. The fraction of sp³-hybridized carbons (Fsp3) is 0.130. The molecule has 5 aromatic rings. The largest absolute Gasteiger partial charge is 0.358 e. The topological polar surface area (TPSA) is 135 Å². The SMILES string of the molecule is C[C@H](NC(=O)c1ncnc(Nc2ccncc2)c1Cl)c1cc(-c2nc3ccc(CF)cc3[nH]2)no1. The predicted octanol–water partition coefficient (Wildman–Crippen LogP) is 4.76. The van der Waals surface area contributed by atoms with E-state index in [0.717, 1.165) is 0 Å². The summed E-state index contributed by atoms with van der Waals surface area (Å²) >= 11 is 6.39. The molecule has 10 nitrogen and oxygen atoms in total. The number of nitrogens with zero attached hydrogens (tertiary/aromatic N) is 5. The van der Waals surface area contributed by atoms with E-state index in [4.69, 9.17) is 16.1 Å². The van der Waals surface area contributed by atoms with Crippen molar-refractivity contribution in [2.75, 3.05) is 5.32 Å². The number of amides is 1. The highest BCUT2D eigenvalue weighted by atomic mass is 35.5. The van der Waals surface area contributed by atoms with Gasteiger partial charge in [0.1, 0.15) is 23.7 Å². The summed E-state index contributed by atoms with van der Waals surface area (Å²) in [7, 11) is 0. The molecular formula is C23H18ClFN8O2. The van der Waals surface area contributed by atoms with E-state index in [0.29, 0.717) is 39.6 Å². The van der Waals surface area contributed by atoms with Crippen LogP contribution >= 0.6 is 11.6 Å². The quantitative estimate of drug-likeness (QED) is 0.296. The number of carbonyl (C=O) groups is 1. The first-order valence-corrected chi connectivity index (χ1v) is 10.9. The molecule has 0 fully saturated rings. The second kappa shape index (κ2) is 9.47. The lowest BCUT2D eigenvalue weighted by Crippen LogP contribution is -2.27. The van der Waals surface area contributed by atoms with Gasteiger partial charge in [0.05, 0.1) is 17.1 Å². The molecule has 0 saturated carbocycles. The maximum atomic E-state index is 12.9. The molecule has 0 aliphatic rings. The molecule has 0 saturated heterocycles. The minimum Gasteiger partial charge on any atom is -0.358 e. The first-order valence-electron chi connectivity index (χ1n) is 10.5. The molecule has 0 bridgehead atoms.